The zero-order valence-corrected chi connectivity index (χ0v) is 17.1. The summed E-state index contributed by atoms with van der Waals surface area (Å²) in [5, 5.41) is 4.87. The van der Waals surface area contributed by atoms with Gasteiger partial charge < -0.3 is 15.5 Å². The minimum Gasteiger partial charge on any atom is -0.352 e. The maximum absolute atomic E-state index is 13.7. The van der Waals surface area contributed by atoms with Crippen molar-refractivity contribution in [1.82, 2.24) is 10.2 Å². The van der Waals surface area contributed by atoms with Crippen LogP contribution in [0, 0.1) is 17.5 Å². The average molecular weight is 435 g/mol. The monoisotopic (exact) mass is 435 g/mol. The van der Waals surface area contributed by atoms with E-state index >= 15 is 0 Å². The Kier molecular flexibility index (Phi) is 9.05. The Labute approximate surface area is 178 Å². The van der Waals surface area contributed by atoms with Crippen molar-refractivity contribution in [2.45, 2.75) is 26.2 Å². The topological polar surface area (TPSA) is 78.5 Å². The molecule has 0 heterocycles. The van der Waals surface area contributed by atoms with Crippen LogP contribution in [0.4, 0.5) is 18.9 Å². The van der Waals surface area contributed by atoms with Crippen LogP contribution in [0.25, 0.3) is 0 Å². The second kappa shape index (κ2) is 11.7. The second-order valence-electron chi connectivity index (χ2n) is 6.81. The molecule has 0 bridgehead atoms. The molecule has 2 aromatic rings. The van der Waals surface area contributed by atoms with Crippen LogP contribution in [-0.2, 0) is 9.59 Å². The Morgan fingerprint density at radius 2 is 1.68 bits per heavy atom. The van der Waals surface area contributed by atoms with Gasteiger partial charge >= 0.3 is 0 Å². The number of hydrogen-bond acceptors (Lipinski definition) is 3. The minimum absolute atomic E-state index is 0.0991. The lowest BCUT2D eigenvalue weighted by Crippen LogP contribution is -2.39. The molecule has 2 aromatic carbocycles. The molecule has 3 amide bonds. The zero-order chi connectivity index (χ0) is 22.8. The third-order valence-corrected chi connectivity index (χ3v) is 4.38. The van der Waals surface area contributed by atoms with Crippen LogP contribution in [-0.4, -0.2) is 42.3 Å². The molecule has 166 valence electrons. The lowest BCUT2D eigenvalue weighted by molar-refractivity contribution is -0.134. The summed E-state index contributed by atoms with van der Waals surface area (Å²) in [7, 11) is 0. The number of amides is 3. The molecule has 2 N–H and O–H groups in total. The molecule has 0 atom stereocenters. The first-order chi connectivity index (χ1) is 14.8. The highest BCUT2D eigenvalue weighted by molar-refractivity contribution is 5.95. The first-order valence-corrected chi connectivity index (χ1v) is 9.87. The number of rotatable bonds is 10. The zero-order valence-electron chi connectivity index (χ0n) is 17.1. The van der Waals surface area contributed by atoms with Crippen molar-refractivity contribution in [2.75, 3.05) is 25.0 Å². The third-order valence-electron chi connectivity index (χ3n) is 4.38. The van der Waals surface area contributed by atoms with Gasteiger partial charge in [0.15, 0.2) is 17.5 Å². The van der Waals surface area contributed by atoms with Gasteiger partial charge in [0.25, 0.3) is 5.91 Å². The highest BCUT2D eigenvalue weighted by atomic mass is 19.2. The van der Waals surface area contributed by atoms with Gasteiger partial charge in [0.1, 0.15) is 0 Å². The van der Waals surface area contributed by atoms with Crippen molar-refractivity contribution in [2.24, 2.45) is 0 Å². The van der Waals surface area contributed by atoms with Crippen LogP contribution in [0.1, 0.15) is 36.5 Å². The van der Waals surface area contributed by atoms with Gasteiger partial charge in [0.05, 0.1) is 12.2 Å². The summed E-state index contributed by atoms with van der Waals surface area (Å²) in [5.74, 6) is -5.84. The van der Waals surface area contributed by atoms with Gasteiger partial charge in [-0.25, -0.2) is 13.2 Å². The summed E-state index contributed by atoms with van der Waals surface area (Å²) >= 11 is 0. The Balaban J connectivity index is 1.83. The van der Waals surface area contributed by atoms with Gasteiger partial charge in [-0.1, -0.05) is 25.1 Å². The van der Waals surface area contributed by atoms with E-state index in [-0.39, 0.29) is 31.3 Å². The van der Waals surface area contributed by atoms with Crippen molar-refractivity contribution < 1.29 is 27.6 Å². The number of carbonyl (C=O) groups is 3. The second-order valence-corrected chi connectivity index (χ2v) is 6.81. The number of hydrogen-bond donors (Lipinski definition) is 2. The number of halogens is 3. The van der Waals surface area contributed by atoms with E-state index in [4.69, 9.17) is 0 Å². The van der Waals surface area contributed by atoms with E-state index in [9.17, 15) is 27.6 Å². The van der Waals surface area contributed by atoms with Crippen molar-refractivity contribution in [3.63, 3.8) is 0 Å². The number of nitrogens with zero attached hydrogens (tertiary/aromatic N) is 1. The van der Waals surface area contributed by atoms with Gasteiger partial charge in [-0.3, -0.25) is 14.4 Å². The summed E-state index contributed by atoms with van der Waals surface area (Å²) in [6.07, 6.45) is 1.06. The van der Waals surface area contributed by atoms with Gasteiger partial charge in [0.2, 0.25) is 11.8 Å². The van der Waals surface area contributed by atoms with Crippen LogP contribution in [0.15, 0.2) is 42.5 Å². The Hall–Kier alpha value is -3.36. The SMILES string of the molecule is CCCN(CC(=O)Nc1ccc(F)c(F)c1F)C(=O)CCCNC(=O)c1ccccc1. The molecule has 31 heavy (non-hydrogen) atoms. The van der Waals surface area contributed by atoms with Crippen molar-refractivity contribution in [3.8, 4) is 0 Å². The highest BCUT2D eigenvalue weighted by Crippen LogP contribution is 2.19. The van der Waals surface area contributed by atoms with Crippen LogP contribution in [0.5, 0.6) is 0 Å². The summed E-state index contributed by atoms with van der Waals surface area (Å²) in [4.78, 5) is 37.9. The van der Waals surface area contributed by atoms with E-state index in [1.165, 1.54) is 4.90 Å². The minimum atomic E-state index is -1.68. The van der Waals surface area contributed by atoms with Crippen molar-refractivity contribution >= 4 is 23.4 Å². The molecular weight excluding hydrogens is 411 g/mol. The summed E-state index contributed by atoms with van der Waals surface area (Å²) in [6.45, 7) is 2.04. The number of nitrogens with one attached hydrogen (secondary N) is 2. The van der Waals surface area contributed by atoms with Crippen LogP contribution >= 0.6 is 0 Å². The number of benzene rings is 2. The predicted molar refractivity (Wildman–Crippen MR) is 110 cm³/mol. The van der Waals surface area contributed by atoms with Gasteiger partial charge in [0, 0.05) is 25.1 Å². The molecule has 2 rings (SSSR count). The molecule has 0 saturated heterocycles. The van der Waals surface area contributed by atoms with E-state index in [2.05, 4.69) is 10.6 Å². The summed E-state index contributed by atoms with van der Waals surface area (Å²) in [5.41, 5.74) is 0.0130. The first kappa shape index (κ1) is 23.9. The Morgan fingerprint density at radius 3 is 2.35 bits per heavy atom. The number of carbonyl (C=O) groups excluding carboxylic acids is 3. The Morgan fingerprint density at radius 1 is 0.968 bits per heavy atom. The van der Waals surface area contributed by atoms with E-state index in [1.54, 1.807) is 30.3 Å². The molecule has 0 fully saturated rings. The summed E-state index contributed by atoms with van der Waals surface area (Å²) < 4.78 is 40.0. The maximum atomic E-state index is 13.7. The highest BCUT2D eigenvalue weighted by Gasteiger charge is 2.19. The summed E-state index contributed by atoms with van der Waals surface area (Å²) in [6, 6.07) is 10.3. The molecule has 0 aliphatic carbocycles. The molecule has 0 spiro atoms. The van der Waals surface area contributed by atoms with Crippen LogP contribution in [0.2, 0.25) is 0 Å². The lowest BCUT2D eigenvalue weighted by atomic mass is 10.2. The first-order valence-electron chi connectivity index (χ1n) is 9.87. The molecule has 0 radical (unpaired) electrons. The maximum Gasteiger partial charge on any atom is 0.251 e. The fraction of sp³-hybridized carbons (Fsp3) is 0.318. The molecule has 0 unspecified atom stereocenters. The van der Waals surface area contributed by atoms with Crippen LogP contribution in [0.3, 0.4) is 0 Å². The van der Waals surface area contributed by atoms with Gasteiger partial charge in [-0.2, -0.15) is 0 Å². The van der Waals surface area contributed by atoms with E-state index < -0.39 is 29.0 Å². The largest absolute Gasteiger partial charge is 0.352 e. The molecule has 0 aliphatic heterocycles. The number of anilines is 1. The van der Waals surface area contributed by atoms with Crippen molar-refractivity contribution in [3.05, 3.63) is 65.5 Å². The molecule has 6 nitrogen and oxygen atoms in total. The molecule has 0 aromatic heterocycles. The van der Waals surface area contributed by atoms with Gasteiger partial charge in [-0.15, -0.1) is 0 Å². The van der Waals surface area contributed by atoms with E-state index in [1.807, 2.05) is 6.92 Å². The van der Waals surface area contributed by atoms with Crippen molar-refractivity contribution in [1.29, 1.82) is 0 Å². The smallest absolute Gasteiger partial charge is 0.251 e. The Bertz CT molecular complexity index is 923. The van der Waals surface area contributed by atoms with Gasteiger partial charge in [-0.05, 0) is 37.1 Å². The lowest BCUT2D eigenvalue weighted by Gasteiger charge is -2.22. The average Bonchev–Trinajstić information content (AvgIpc) is 2.77. The third kappa shape index (κ3) is 7.13. The fourth-order valence-electron chi connectivity index (χ4n) is 2.84. The standard InChI is InChI=1S/C22H24F3N3O3/c1-2-13-28(14-18(29)27-17-11-10-16(23)20(24)21(17)25)19(30)9-6-12-26-22(31)15-7-4-3-5-8-15/h3-5,7-8,10-11H,2,6,9,12-14H2,1H3,(H,26,31)(H,27,29). The van der Waals surface area contributed by atoms with E-state index in [0.717, 1.165) is 6.07 Å². The molecule has 0 saturated carbocycles. The van der Waals surface area contributed by atoms with E-state index in [0.29, 0.717) is 31.0 Å². The molecule has 9 heteroatoms. The predicted octanol–water partition coefficient (Wildman–Crippen LogP) is 3.49. The molecular formula is C22H24F3N3O3. The quantitative estimate of drug-likeness (QED) is 0.443. The van der Waals surface area contributed by atoms with Crippen LogP contribution < -0.4 is 10.6 Å². The fourth-order valence-corrected chi connectivity index (χ4v) is 2.84. The normalized spacial score (nSPS) is 10.5. The molecule has 0 aliphatic rings.